The van der Waals surface area contributed by atoms with Crippen molar-refractivity contribution < 1.29 is 9.59 Å². The van der Waals surface area contributed by atoms with E-state index in [-0.39, 0.29) is 18.2 Å². The minimum atomic E-state index is -0.444. The van der Waals surface area contributed by atoms with Gasteiger partial charge < -0.3 is 5.32 Å². The minimum Gasteiger partial charge on any atom is -0.338 e. The maximum Gasteiger partial charge on any atom is 0.321 e. The average Bonchev–Trinajstić information content (AvgIpc) is 2.03. The van der Waals surface area contributed by atoms with E-state index in [1.165, 1.54) is 0 Å². The predicted molar refractivity (Wildman–Crippen MR) is 56.3 cm³/mol. The molecule has 0 radical (unpaired) electrons. The summed E-state index contributed by atoms with van der Waals surface area (Å²) in [4.78, 5) is 21.9. The molecule has 0 saturated heterocycles. The van der Waals surface area contributed by atoms with Gasteiger partial charge >= 0.3 is 6.03 Å². The zero-order valence-corrected chi connectivity index (χ0v) is 9.36. The highest BCUT2D eigenvalue weighted by molar-refractivity contribution is 6.19. The fourth-order valence-corrected chi connectivity index (χ4v) is 0.965. The van der Waals surface area contributed by atoms with Crippen LogP contribution < -0.4 is 10.6 Å². The topological polar surface area (TPSA) is 58.2 Å². The van der Waals surface area contributed by atoms with Gasteiger partial charge in [-0.15, -0.1) is 11.6 Å². The Balaban J connectivity index is 3.50. The van der Waals surface area contributed by atoms with Gasteiger partial charge in [-0.2, -0.15) is 0 Å². The number of alkyl halides is 1. The molecule has 0 heterocycles. The average molecular weight is 221 g/mol. The number of rotatable bonds is 5. The molecule has 0 saturated carbocycles. The highest BCUT2D eigenvalue weighted by atomic mass is 35.5. The molecule has 0 aromatic heterocycles. The summed E-state index contributed by atoms with van der Waals surface area (Å²) in [6, 6.07) is -0.444. The fourth-order valence-electron chi connectivity index (χ4n) is 0.794. The number of hydrogen-bond acceptors (Lipinski definition) is 2. The first-order chi connectivity index (χ1) is 6.56. The second-order valence-corrected chi connectivity index (χ2v) is 3.80. The van der Waals surface area contributed by atoms with Gasteiger partial charge in [-0.05, 0) is 12.3 Å². The number of hydrogen-bond donors (Lipinski definition) is 2. The molecule has 0 fully saturated rings. The van der Waals surface area contributed by atoms with Gasteiger partial charge in [-0.1, -0.05) is 13.8 Å². The van der Waals surface area contributed by atoms with Crippen molar-refractivity contribution in [3.63, 3.8) is 0 Å². The van der Waals surface area contributed by atoms with Crippen LogP contribution in [0.1, 0.15) is 26.7 Å². The Kier molecular flexibility index (Phi) is 7.20. The number of carbonyl (C=O) groups excluding carboxylic acids is 2. The maximum absolute atomic E-state index is 11.0. The van der Waals surface area contributed by atoms with Crippen LogP contribution in [0.2, 0.25) is 0 Å². The maximum atomic E-state index is 11.0. The van der Waals surface area contributed by atoms with Crippen LogP contribution in [-0.2, 0) is 4.79 Å². The van der Waals surface area contributed by atoms with Crippen LogP contribution in [-0.4, -0.2) is 24.4 Å². The number of halogens is 1. The third kappa shape index (κ3) is 7.86. The summed E-state index contributed by atoms with van der Waals surface area (Å²) >= 11 is 5.33. The van der Waals surface area contributed by atoms with E-state index in [1.54, 1.807) is 0 Å². The SMILES string of the molecule is CC(C)CCNC(=O)NC(=O)CCCl. The monoisotopic (exact) mass is 220 g/mol. The van der Waals surface area contributed by atoms with E-state index in [9.17, 15) is 9.59 Å². The van der Waals surface area contributed by atoms with Crippen molar-refractivity contribution in [1.82, 2.24) is 10.6 Å². The van der Waals surface area contributed by atoms with Gasteiger partial charge in [0.05, 0.1) is 0 Å². The molecule has 0 spiro atoms. The summed E-state index contributed by atoms with van der Waals surface area (Å²) in [5.41, 5.74) is 0. The van der Waals surface area contributed by atoms with Crippen LogP contribution in [0.25, 0.3) is 0 Å². The summed E-state index contributed by atoms with van der Waals surface area (Å²) in [6.07, 6.45) is 1.07. The fraction of sp³-hybridized carbons (Fsp3) is 0.778. The predicted octanol–water partition coefficient (Wildman–Crippen LogP) is 1.49. The van der Waals surface area contributed by atoms with Crippen molar-refractivity contribution in [2.24, 2.45) is 5.92 Å². The summed E-state index contributed by atoms with van der Waals surface area (Å²) < 4.78 is 0. The van der Waals surface area contributed by atoms with E-state index in [0.717, 1.165) is 6.42 Å². The van der Waals surface area contributed by atoms with Crippen molar-refractivity contribution in [3.05, 3.63) is 0 Å². The van der Waals surface area contributed by atoms with Crippen molar-refractivity contribution in [2.75, 3.05) is 12.4 Å². The number of urea groups is 1. The molecule has 0 bridgehead atoms. The first-order valence-electron chi connectivity index (χ1n) is 4.70. The van der Waals surface area contributed by atoms with Crippen LogP contribution >= 0.6 is 11.6 Å². The molecular weight excluding hydrogens is 204 g/mol. The van der Waals surface area contributed by atoms with Gasteiger partial charge in [0.1, 0.15) is 0 Å². The normalized spacial score (nSPS) is 10.0. The Hall–Kier alpha value is -0.770. The Morgan fingerprint density at radius 1 is 1.36 bits per heavy atom. The summed E-state index contributed by atoms with van der Waals surface area (Å²) in [5, 5.41) is 4.77. The number of amides is 3. The standard InChI is InChI=1S/C9H17ClN2O2/c1-7(2)4-6-11-9(14)12-8(13)3-5-10/h7H,3-6H2,1-2H3,(H2,11,12,13,14). The van der Waals surface area contributed by atoms with E-state index in [4.69, 9.17) is 11.6 Å². The summed E-state index contributed by atoms with van der Waals surface area (Å²) in [6.45, 7) is 4.72. The third-order valence-electron chi connectivity index (χ3n) is 1.58. The lowest BCUT2D eigenvalue weighted by molar-refractivity contribution is -0.119. The van der Waals surface area contributed by atoms with Gasteiger partial charge in [0.2, 0.25) is 5.91 Å². The van der Waals surface area contributed by atoms with E-state index < -0.39 is 6.03 Å². The van der Waals surface area contributed by atoms with Gasteiger partial charge in [0.25, 0.3) is 0 Å². The molecule has 0 unspecified atom stereocenters. The van der Waals surface area contributed by atoms with Gasteiger partial charge in [-0.25, -0.2) is 4.79 Å². The highest BCUT2D eigenvalue weighted by Crippen LogP contribution is 1.95. The first-order valence-corrected chi connectivity index (χ1v) is 5.23. The molecule has 0 aliphatic rings. The van der Waals surface area contributed by atoms with Gasteiger partial charge in [-0.3, -0.25) is 10.1 Å². The lowest BCUT2D eigenvalue weighted by Gasteiger charge is -2.07. The Morgan fingerprint density at radius 3 is 2.50 bits per heavy atom. The highest BCUT2D eigenvalue weighted by Gasteiger charge is 2.05. The Morgan fingerprint density at radius 2 is 2.00 bits per heavy atom. The second kappa shape index (κ2) is 7.62. The van der Waals surface area contributed by atoms with Crippen molar-refractivity contribution >= 4 is 23.5 Å². The summed E-state index contributed by atoms with van der Waals surface area (Å²) in [5.74, 6) is 0.418. The largest absolute Gasteiger partial charge is 0.338 e. The van der Waals surface area contributed by atoms with Gasteiger partial charge in [0.15, 0.2) is 0 Å². The Bertz CT molecular complexity index is 195. The quantitative estimate of drug-likeness (QED) is 0.690. The van der Waals surface area contributed by atoms with Crippen molar-refractivity contribution in [3.8, 4) is 0 Å². The molecule has 82 valence electrons. The lowest BCUT2D eigenvalue weighted by Crippen LogP contribution is -2.40. The summed E-state index contributed by atoms with van der Waals surface area (Å²) in [7, 11) is 0. The molecule has 0 rings (SSSR count). The molecule has 5 heteroatoms. The van der Waals surface area contributed by atoms with E-state index in [1.807, 2.05) is 0 Å². The lowest BCUT2D eigenvalue weighted by atomic mass is 10.1. The van der Waals surface area contributed by atoms with E-state index >= 15 is 0 Å². The van der Waals surface area contributed by atoms with Crippen LogP contribution in [0, 0.1) is 5.92 Å². The van der Waals surface area contributed by atoms with E-state index in [0.29, 0.717) is 12.5 Å². The minimum absolute atomic E-state index is 0.166. The zero-order valence-electron chi connectivity index (χ0n) is 8.60. The number of nitrogens with one attached hydrogen (secondary N) is 2. The third-order valence-corrected chi connectivity index (χ3v) is 1.77. The molecule has 3 amide bonds. The zero-order chi connectivity index (χ0) is 11.0. The molecule has 0 aromatic carbocycles. The number of imide groups is 1. The van der Waals surface area contributed by atoms with Crippen molar-refractivity contribution in [1.29, 1.82) is 0 Å². The van der Waals surface area contributed by atoms with Gasteiger partial charge in [0, 0.05) is 18.8 Å². The van der Waals surface area contributed by atoms with E-state index in [2.05, 4.69) is 24.5 Å². The molecule has 0 aliphatic heterocycles. The van der Waals surface area contributed by atoms with Crippen LogP contribution in [0.4, 0.5) is 4.79 Å². The molecule has 0 aliphatic carbocycles. The number of carbonyl (C=O) groups is 2. The molecule has 4 nitrogen and oxygen atoms in total. The van der Waals surface area contributed by atoms with Crippen LogP contribution in [0.15, 0.2) is 0 Å². The molecule has 2 N–H and O–H groups in total. The first kappa shape index (κ1) is 13.2. The molecule has 0 atom stereocenters. The molecule has 0 aromatic rings. The van der Waals surface area contributed by atoms with Crippen LogP contribution in [0.3, 0.4) is 0 Å². The van der Waals surface area contributed by atoms with Crippen molar-refractivity contribution in [2.45, 2.75) is 26.7 Å². The second-order valence-electron chi connectivity index (χ2n) is 3.43. The Labute approximate surface area is 89.4 Å². The van der Waals surface area contributed by atoms with Crippen LogP contribution in [0.5, 0.6) is 0 Å². The molecule has 14 heavy (non-hydrogen) atoms. The molecular formula is C9H17ClN2O2. The smallest absolute Gasteiger partial charge is 0.321 e.